The fourth-order valence-corrected chi connectivity index (χ4v) is 6.79. The Balaban J connectivity index is 1.88. The van der Waals surface area contributed by atoms with Gasteiger partial charge in [0.1, 0.15) is 4.90 Å². The molecule has 0 bridgehead atoms. The Bertz CT molecular complexity index is 692. The van der Waals surface area contributed by atoms with Crippen molar-refractivity contribution in [3.63, 3.8) is 0 Å². The largest absolute Gasteiger partial charge is 0.298 e. The maximum Gasteiger partial charge on any atom is 0.298 e. The Morgan fingerprint density at radius 2 is 1.06 bits per heavy atom. The van der Waals surface area contributed by atoms with Crippen LogP contribution in [0.15, 0.2) is 23.1 Å². The number of hydrogen-bond acceptors (Lipinski definition) is 3. The predicted molar refractivity (Wildman–Crippen MR) is 154 cm³/mol. The van der Waals surface area contributed by atoms with Crippen molar-refractivity contribution in [2.45, 2.75) is 127 Å². The molecule has 3 nitrogen and oxygen atoms in total. The summed E-state index contributed by atoms with van der Waals surface area (Å²) in [6, 6.07) is 5.39. The lowest BCUT2D eigenvalue weighted by molar-refractivity contribution is 0.306. The summed E-state index contributed by atoms with van der Waals surface area (Å²) in [6.07, 6.45) is 23.8. The van der Waals surface area contributed by atoms with E-state index in [4.69, 9.17) is 4.18 Å². The molecule has 0 heterocycles. The highest BCUT2D eigenvalue weighted by atomic mass is 127. The Kier molecular flexibility index (Phi) is 19.0. The number of rotatable bonds is 21. The van der Waals surface area contributed by atoms with E-state index in [-0.39, 0.29) is 11.5 Å². The second-order valence-corrected chi connectivity index (χ2v) is 12.9. The van der Waals surface area contributed by atoms with Crippen molar-refractivity contribution in [3.8, 4) is 0 Å². The molecule has 0 amide bonds. The molecule has 0 saturated carbocycles. The zero-order chi connectivity index (χ0) is 23.5. The highest BCUT2D eigenvalue weighted by molar-refractivity contribution is 14.1. The molecule has 1 aromatic carbocycles. The standard InChI is InChI=1S/C26H44I2O3S/c1-2-3-4-5-6-7-8-9-10-11-12-13-14-15-16-17-18-19-22-31-32(29,30)26-23-24(27)20-21-25(26)28/h20-21,23H,2-19,22H2,1H3. The molecule has 0 aliphatic carbocycles. The summed E-state index contributed by atoms with van der Waals surface area (Å²) in [5, 5.41) is 0. The van der Waals surface area contributed by atoms with Crippen LogP contribution in [-0.4, -0.2) is 15.0 Å². The van der Waals surface area contributed by atoms with Crippen molar-refractivity contribution < 1.29 is 12.6 Å². The Morgan fingerprint density at radius 3 is 1.50 bits per heavy atom. The van der Waals surface area contributed by atoms with E-state index in [1.807, 2.05) is 34.7 Å². The SMILES string of the molecule is CCCCCCCCCCCCCCCCCCCCOS(=O)(=O)c1cc(I)ccc1I. The van der Waals surface area contributed by atoms with E-state index in [1.165, 1.54) is 103 Å². The van der Waals surface area contributed by atoms with Gasteiger partial charge in [-0.15, -0.1) is 0 Å². The summed E-state index contributed by atoms with van der Waals surface area (Å²) in [4.78, 5) is 0.285. The summed E-state index contributed by atoms with van der Waals surface area (Å²) in [5.41, 5.74) is 0. The van der Waals surface area contributed by atoms with E-state index >= 15 is 0 Å². The maximum absolute atomic E-state index is 12.4. The van der Waals surface area contributed by atoms with Crippen molar-refractivity contribution in [2.24, 2.45) is 0 Å². The fraction of sp³-hybridized carbons (Fsp3) is 0.769. The highest BCUT2D eigenvalue weighted by Gasteiger charge is 2.18. The van der Waals surface area contributed by atoms with Gasteiger partial charge in [-0.2, -0.15) is 8.42 Å². The Labute approximate surface area is 225 Å². The van der Waals surface area contributed by atoms with E-state index < -0.39 is 10.1 Å². The first-order valence-electron chi connectivity index (χ1n) is 12.8. The minimum absolute atomic E-state index is 0.280. The van der Waals surface area contributed by atoms with Gasteiger partial charge in [0.2, 0.25) is 0 Å². The van der Waals surface area contributed by atoms with E-state index in [9.17, 15) is 8.42 Å². The highest BCUT2D eigenvalue weighted by Crippen LogP contribution is 2.23. The predicted octanol–water partition coefficient (Wildman–Crippen LogP) is 9.64. The zero-order valence-corrected chi connectivity index (χ0v) is 25.2. The van der Waals surface area contributed by atoms with Gasteiger partial charge < -0.3 is 0 Å². The average Bonchev–Trinajstić information content (AvgIpc) is 2.77. The molecule has 0 unspecified atom stereocenters. The molecule has 0 aliphatic rings. The smallest absolute Gasteiger partial charge is 0.266 e. The van der Waals surface area contributed by atoms with Gasteiger partial charge in [0.05, 0.1) is 6.61 Å². The van der Waals surface area contributed by atoms with Gasteiger partial charge in [-0.1, -0.05) is 116 Å². The van der Waals surface area contributed by atoms with Gasteiger partial charge in [0.15, 0.2) is 0 Å². The second-order valence-electron chi connectivity index (χ2n) is 8.86. The first-order chi connectivity index (χ1) is 15.5. The second kappa shape index (κ2) is 19.8. The lowest BCUT2D eigenvalue weighted by Gasteiger charge is -2.08. The third kappa shape index (κ3) is 15.5. The third-order valence-corrected chi connectivity index (χ3v) is 9.23. The lowest BCUT2D eigenvalue weighted by atomic mass is 10.0. The van der Waals surface area contributed by atoms with Crippen LogP contribution >= 0.6 is 45.2 Å². The molecule has 0 saturated heterocycles. The monoisotopic (exact) mass is 690 g/mol. The molecular weight excluding hydrogens is 646 g/mol. The van der Waals surface area contributed by atoms with Gasteiger partial charge in [0, 0.05) is 7.14 Å². The van der Waals surface area contributed by atoms with Gasteiger partial charge in [0.25, 0.3) is 10.1 Å². The van der Waals surface area contributed by atoms with Crippen LogP contribution in [0.4, 0.5) is 0 Å². The molecule has 0 atom stereocenters. The van der Waals surface area contributed by atoms with Crippen molar-refractivity contribution >= 4 is 55.3 Å². The summed E-state index contributed by atoms with van der Waals surface area (Å²) < 4.78 is 31.6. The normalized spacial score (nSPS) is 11.8. The minimum Gasteiger partial charge on any atom is -0.266 e. The maximum atomic E-state index is 12.4. The summed E-state index contributed by atoms with van der Waals surface area (Å²) in [7, 11) is -3.65. The van der Waals surface area contributed by atoms with E-state index in [1.54, 1.807) is 6.07 Å². The van der Waals surface area contributed by atoms with Crippen LogP contribution in [0.3, 0.4) is 0 Å². The first kappa shape index (κ1) is 30.6. The zero-order valence-electron chi connectivity index (χ0n) is 20.1. The topological polar surface area (TPSA) is 43.4 Å². The van der Waals surface area contributed by atoms with Gasteiger partial charge >= 0.3 is 0 Å². The summed E-state index contributed by atoms with van der Waals surface area (Å²) >= 11 is 4.17. The van der Waals surface area contributed by atoms with E-state index in [0.29, 0.717) is 3.57 Å². The van der Waals surface area contributed by atoms with Crippen molar-refractivity contribution in [3.05, 3.63) is 25.3 Å². The summed E-state index contributed by atoms with van der Waals surface area (Å²) in [5.74, 6) is 0. The molecule has 1 rings (SSSR count). The van der Waals surface area contributed by atoms with Gasteiger partial charge in [-0.3, -0.25) is 4.18 Å². The van der Waals surface area contributed by atoms with Crippen LogP contribution in [0.2, 0.25) is 0 Å². The molecule has 32 heavy (non-hydrogen) atoms. The summed E-state index contributed by atoms with van der Waals surface area (Å²) in [6.45, 7) is 2.56. The van der Waals surface area contributed by atoms with Gasteiger partial charge in [-0.05, 0) is 69.8 Å². The lowest BCUT2D eigenvalue weighted by Crippen LogP contribution is -2.09. The third-order valence-electron chi connectivity index (χ3n) is 5.90. The van der Waals surface area contributed by atoms with Crippen LogP contribution in [-0.2, 0) is 14.3 Å². The molecule has 0 radical (unpaired) electrons. The number of benzene rings is 1. The van der Waals surface area contributed by atoms with Crippen molar-refractivity contribution in [1.29, 1.82) is 0 Å². The molecule has 0 spiro atoms. The van der Waals surface area contributed by atoms with Crippen LogP contribution in [0.5, 0.6) is 0 Å². The molecule has 1 aromatic rings. The van der Waals surface area contributed by atoms with Gasteiger partial charge in [-0.25, -0.2) is 0 Å². The van der Waals surface area contributed by atoms with Crippen LogP contribution in [0, 0.1) is 7.14 Å². The quantitative estimate of drug-likeness (QED) is 0.0734. The number of halogens is 2. The molecular formula is C26H44I2O3S. The van der Waals surface area contributed by atoms with E-state index in [0.717, 1.165) is 16.4 Å². The fourth-order valence-electron chi connectivity index (χ4n) is 3.90. The Hall–Kier alpha value is 0.590. The number of hydrogen-bond donors (Lipinski definition) is 0. The molecule has 6 heteroatoms. The van der Waals surface area contributed by atoms with Crippen LogP contribution < -0.4 is 0 Å². The molecule has 0 N–H and O–H groups in total. The molecule has 0 aromatic heterocycles. The average molecular weight is 691 g/mol. The first-order valence-corrected chi connectivity index (χ1v) is 16.4. The minimum atomic E-state index is -3.65. The molecule has 0 fully saturated rings. The van der Waals surface area contributed by atoms with Crippen molar-refractivity contribution in [1.82, 2.24) is 0 Å². The molecule has 186 valence electrons. The van der Waals surface area contributed by atoms with Crippen LogP contribution in [0.1, 0.15) is 122 Å². The van der Waals surface area contributed by atoms with E-state index in [2.05, 4.69) is 29.5 Å². The number of unbranched alkanes of at least 4 members (excludes halogenated alkanes) is 17. The van der Waals surface area contributed by atoms with Crippen molar-refractivity contribution in [2.75, 3.05) is 6.61 Å². The van der Waals surface area contributed by atoms with Crippen LogP contribution in [0.25, 0.3) is 0 Å². The molecule has 0 aliphatic heterocycles. The Morgan fingerprint density at radius 1 is 0.656 bits per heavy atom.